The van der Waals surface area contributed by atoms with Gasteiger partial charge in [0.05, 0.1) is 0 Å². The van der Waals surface area contributed by atoms with Crippen LogP contribution in [0.3, 0.4) is 0 Å². The minimum Gasteiger partial charge on any atom is -0.358 e. The van der Waals surface area contributed by atoms with Gasteiger partial charge in [-0.05, 0) is 31.5 Å². The molecule has 1 aliphatic heterocycles. The summed E-state index contributed by atoms with van der Waals surface area (Å²) in [7, 11) is 2.20. The van der Waals surface area contributed by atoms with Crippen molar-refractivity contribution in [1.82, 2.24) is 4.90 Å². The second kappa shape index (κ2) is 44.2. The quantitative estimate of drug-likeness (QED) is 0.297. The van der Waals surface area contributed by atoms with Crippen LogP contribution in [0, 0.1) is 62.3 Å². The van der Waals surface area contributed by atoms with Crippen molar-refractivity contribution in [3.05, 3.63) is 122 Å². The zero-order valence-corrected chi connectivity index (χ0v) is 28.3. The molecule has 1 aromatic carbocycles. The zero-order valence-electron chi connectivity index (χ0n) is 24.1. The molecular weight excluding hydrogens is 539 g/mol. The summed E-state index contributed by atoms with van der Waals surface area (Å²) in [4.78, 5) is 2.41. The monoisotopic (exact) mass is 593 g/mol. The maximum absolute atomic E-state index is 3.64. The molecule has 1 atom stereocenters. The molecule has 0 spiro atoms. The van der Waals surface area contributed by atoms with E-state index in [1.54, 1.807) is 12.2 Å². The minimum atomic E-state index is 0. The number of fused-ring (bicyclic) bond motifs is 1. The van der Waals surface area contributed by atoms with Gasteiger partial charge in [-0.25, -0.2) is 51.7 Å². The van der Waals surface area contributed by atoms with Crippen LogP contribution in [0.15, 0.2) is 48.6 Å². The molecule has 0 N–H and O–H groups in total. The summed E-state index contributed by atoms with van der Waals surface area (Å²) in [6.07, 6.45) is 19.4. The van der Waals surface area contributed by atoms with Gasteiger partial charge in [0.15, 0.2) is 0 Å². The third kappa shape index (κ3) is 36.4. The van der Waals surface area contributed by atoms with Crippen LogP contribution in [-0.4, -0.2) is 18.0 Å². The number of unbranched alkanes of at least 4 members (excludes halogenated alkanes) is 4. The molecule has 3 radical (unpaired) electrons. The number of allylic oxidation sites excluding steroid dienone is 4. The molecule has 1 unspecified atom stereocenters. The summed E-state index contributed by atoms with van der Waals surface area (Å²) >= 11 is 0. The van der Waals surface area contributed by atoms with Gasteiger partial charge in [0, 0.05) is 68.3 Å². The molecule has 0 saturated carbocycles. The summed E-state index contributed by atoms with van der Waals surface area (Å²) in [5.41, 5.74) is 3.03. The Kier molecular flexibility index (Phi) is 70.2. The molecule has 1 nitrogen and oxygen atoms in total. The molecule has 0 saturated heterocycles. The third-order valence-electron chi connectivity index (χ3n) is 4.38. The Morgan fingerprint density at radius 3 is 1.57 bits per heavy atom. The van der Waals surface area contributed by atoms with Gasteiger partial charge in [0.25, 0.3) is 0 Å². The van der Waals surface area contributed by atoms with Crippen molar-refractivity contribution in [2.24, 2.45) is 0 Å². The first-order valence-electron chi connectivity index (χ1n) is 10.8. The second-order valence-electron chi connectivity index (χ2n) is 7.02. The van der Waals surface area contributed by atoms with Gasteiger partial charge in [-0.2, -0.15) is 20.8 Å². The topological polar surface area (TPSA) is 3.24 Å². The van der Waals surface area contributed by atoms with E-state index in [4.69, 9.17) is 0 Å². The Hall–Kier alpha value is 0.153. The van der Waals surface area contributed by atoms with Gasteiger partial charge in [-0.3, -0.25) is 17.1 Å². The molecule has 207 valence electrons. The Bertz CT molecular complexity index is 471. The van der Waals surface area contributed by atoms with E-state index in [1.165, 1.54) is 17.5 Å². The first kappa shape index (κ1) is 55.6. The number of nitrogens with zero attached hydrogens (tertiary/aromatic N) is 1. The molecule has 1 heterocycles. The Morgan fingerprint density at radius 2 is 1.29 bits per heavy atom. The first-order chi connectivity index (χ1) is 14.0. The molecular formula is C31H54NV3-9. The van der Waals surface area contributed by atoms with Gasteiger partial charge < -0.3 is 48.5 Å². The van der Waals surface area contributed by atoms with Gasteiger partial charge in [-0.1, -0.05) is 24.3 Å². The van der Waals surface area contributed by atoms with E-state index in [2.05, 4.69) is 83.2 Å². The van der Waals surface area contributed by atoms with Crippen molar-refractivity contribution in [2.75, 3.05) is 7.05 Å². The van der Waals surface area contributed by atoms with Gasteiger partial charge in [0.2, 0.25) is 0 Å². The average Bonchev–Trinajstić information content (AvgIpc) is 2.73. The third-order valence-corrected chi connectivity index (χ3v) is 4.38. The maximum atomic E-state index is 3.64. The van der Waals surface area contributed by atoms with Crippen LogP contribution < -0.4 is 0 Å². The van der Waals surface area contributed by atoms with Crippen LogP contribution in [0.4, 0.5) is 0 Å². The Balaban J connectivity index is -0.0000000470. The van der Waals surface area contributed by atoms with Crippen LogP contribution in [-0.2, 0) is 68.6 Å². The molecule has 1 aromatic rings. The molecule has 4 heteroatoms. The van der Waals surface area contributed by atoms with Crippen molar-refractivity contribution < 1.29 is 55.7 Å². The van der Waals surface area contributed by atoms with Crippen LogP contribution in [0.1, 0.15) is 64.5 Å². The number of benzene rings is 1. The van der Waals surface area contributed by atoms with Crippen LogP contribution in [0.5, 0.6) is 0 Å². The molecule has 2 rings (SSSR count). The molecule has 35 heavy (non-hydrogen) atoms. The molecule has 0 amide bonds. The predicted molar refractivity (Wildman–Crippen MR) is 153 cm³/mol. The Morgan fingerprint density at radius 1 is 0.857 bits per heavy atom. The molecule has 0 aliphatic carbocycles. The van der Waals surface area contributed by atoms with E-state index < -0.39 is 0 Å². The Labute approximate surface area is 260 Å². The smallest absolute Gasteiger partial charge is 0.0236 e. The number of likely N-dealkylation sites (N-methyl/N-ethyl adjacent to an activating group) is 1. The fourth-order valence-corrected chi connectivity index (χ4v) is 2.48. The van der Waals surface area contributed by atoms with Crippen LogP contribution in [0.2, 0.25) is 0 Å². The zero-order chi connectivity index (χ0) is 22.3. The summed E-state index contributed by atoms with van der Waals surface area (Å²) in [5.74, 6) is 0. The van der Waals surface area contributed by atoms with E-state index in [-0.39, 0.29) is 77.9 Å². The number of hydrogen-bond donors (Lipinski definition) is 0. The van der Waals surface area contributed by atoms with Crippen molar-refractivity contribution in [3.63, 3.8) is 0 Å². The molecule has 0 fully saturated rings. The van der Waals surface area contributed by atoms with Gasteiger partial charge in [-0.15, -0.1) is 0 Å². The fraction of sp³-hybridized carbons (Fsp3) is 0.387. The van der Waals surface area contributed by atoms with Crippen LogP contribution in [0.25, 0.3) is 0 Å². The molecule has 0 aromatic heterocycles. The van der Waals surface area contributed by atoms with E-state index >= 15 is 0 Å². The van der Waals surface area contributed by atoms with Crippen LogP contribution >= 0.6 is 0 Å². The summed E-state index contributed by atoms with van der Waals surface area (Å²) in [6.45, 7) is 20.2. The van der Waals surface area contributed by atoms with Gasteiger partial charge in [0.1, 0.15) is 0 Å². The average molecular weight is 594 g/mol. The summed E-state index contributed by atoms with van der Waals surface area (Å²) in [5, 5.41) is 0. The normalized spacial score (nSPS) is 12.8. The SMILES string of the molecule is CC1Cc2ccccc2CN1C.[CH2-]C=CC[CH-]C.[CH2-]C=CC[CH-]C.[CH2-]CC[CH-]C.[CH3-].[CH3-].[CH3-].[V].[V].[V]. The molecule has 1 aliphatic rings. The van der Waals surface area contributed by atoms with E-state index in [0.29, 0.717) is 6.04 Å². The minimum absolute atomic E-state index is 0. The fourth-order valence-electron chi connectivity index (χ4n) is 2.48. The summed E-state index contributed by atoms with van der Waals surface area (Å²) in [6, 6.07) is 9.44. The van der Waals surface area contributed by atoms with E-state index in [0.717, 1.165) is 32.2 Å². The maximum Gasteiger partial charge on any atom is 0.0236 e. The largest absolute Gasteiger partial charge is 0.358 e. The van der Waals surface area contributed by atoms with E-state index in [9.17, 15) is 0 Å². The number of rotatable bonds is 6. The standard InChI is InChI=1S/C11H15N.2C6H10.C5H10.3CH3.3V/c1-9-7-10-5-3-4-6-11(10)8-12(9)2;2*1-3-5-6-4-2;1-3-5-4-2;;;;;;/h3-6,9H,7-8H2,1-2H3;2*3-5H,1,6H2,2H3;4H,1,3,5H2,2H3;3*1H3;;;/q;3*-2;3*-1;;;. The summed E-state index contributed by atoms with van der Waals surface area (Å²) < 4.78 is 0. The molecule has 0 bridgehead atoms. The van der Waals surface area contributed by atoms with Gasteiger partial charge >= 0.3 is 0 Å². The van der Waals surface area contributed by atoms with Crippen molar-refractivity contribution in [3.8, 4) is 0 Å². The van der Waals surface area contributed by atoms with Crippen molar-refractivity contribution >= 4 is 0 Å². The van der Waals surface area contributed by atoms with Crippen molar-refractivity contribution in [1.29, 1.82) is 0 Å². The number of hydrogen-bond acceptors (Lipinski definition) is 1. The predicted octanol–water partition coefficient (Wildman–Crippen LogP) is 9.21. The van der Waals surface area contributed by atoms with E-state index in [1.807, 2.05) is 32.9 Å². The van der Waals surface area contributed by atoms with Crippen molar-refractivity contribution in [2.45, 2.75) is 72.4 Å². The first-order valence-corrected chi connectivity index (χ1v) is 10.8. The second-order valence-corrected chi connectivity index (χ2v) is 7.02.